The minimum atomic E-state index is -4.39. The standard InChI is InChI=1S/C16H18F3N5O/c1-12-3-5-24(21-12)15(25)23-8-6-22(7-9-23)11-13-10-20-4-2-14(13)16(17,18)19/h2-5,10H,6-9,11H2,1H3. The zero-order valence-electron chi connectivity index (χ0n) is 13.7. The van der Waals surface area contributed by atoms with Crippen LogP contribution in [0.15, 0.2) is 30.7 Å². The third kappa shape index (κ3) is 3.98. The summed E-state index contributed by atoms with van der Waals surface area (Å²) in [6.45, 7) is 3.84. The van der Waals surface area contributed by atoms with Gasteiger partial charge in [-0.05, 0) is 24.6 Å². The monoisotopic (exact) mass is 353 g/mol. The Kier molecular flexibility index (Phi) is 4.76. The van der Waals surface area contributed by atoms with E-state index in [0.29, 0.717) is 26.2 Å². The van der Waals surface area contributed by atoms with E-state index in [4.69, 9.17) is 0 Å². The van der Waals surface area contributed by atoms with Crippen LogP contribution in [0.2, 0.25) is 0 Å². The summed E-state index contributed by atoms with van der Waals surface area (Å²) in [5.41, 5.74) is 0.244. The number of aromatic nitrogens is 3. The van der Waals surface area contributed by atoms with E-state index in [0.717, 1.165) is 18.0 Å². The zero-order chi connectivity index (χ0) is 18.0. The highest BCUT2D eigenvalue weighted by Gasteiger charge is 2.34. The fourth-order valence-electron chi connectivity index (χ4n) is 2.83. The first-order valence-electron chi connectivity index (χ1n) is 7.88. The first kappa shape index (κ1) is 17.4. The summed E-state index contributed by atoms with van der Waals surface area (Å²) in [5, 5.41) is 4.09. The Balaban J connectivity index is 1.61. The van der Waals surface area contributed by atoms with Gasteiger partial charge in [-0.1, -0.05) is 0 Å². The highest BCUT2D eigenvalue weighted by Crippen LogP contribution is 2.32. The van der Waals surface area contributed by atoms with Crippen LogP contribution in [0.25, 0.3) is 0 Å². The Bertz CT molecular complexity index is 750. The second-order valence-electron chi connectivity index (χ2n) is 5.98. The zero-order valence-corrected chi connectivity index (χ0v) is 13.7. The molecule has 0 atom stereocenters. The van der Waals surface area contributed by atoms with E-state index in [9.17, 15) is 18.0 Å². The van der Waals surface area contributed by atoms with Gasteiger partial charge in [0.1, 0.15) is 0 Å². The number of nitrogens with zero attached hydrogens (tertiary/aromatic N) is 5. The van der Waals surface area contributed by atoms with Gasteiger partial charge in [-0.3, -0.25) is 9.88 Å². The highest BCUT2D eigenvalue weighted by atomic mass is 19.4. The van der Waals surface area contributed by atoms with Gasteiger partial charge in [0, 0.05) is 51.3 Å². The number of aryl methyl sites for hydroxylation is 1. The fourth-order valence-corrected chi connectivity index (χ4v) is 2.83. The van der Waals surface area contributed by atoms with Gasteiger partial charge >= 0.3 is 12.2 Å². The van der Waals surface area contributed by atoms with E-state index in [1.165, 1.54) is 10.9 Å². The van der Waals surface area contributed by atoms with Crippen molar-refractivity contribution in [1.29, 1.82) is 0 Å². The van der Waals surface area contributed by atoms with E-state index < -0.39 is 11.7 Å². The number of rotatable bonds is 2. The Morgan fingerprint density at radius 3 is 2.52 bits per heavy atom. The van der Waals surface area contributed by atoms with Crippen molar-refractivity contribution in [2.24, 2.45) is 0 Å². The van der Waals surface area contributed by atoms with Crippen LogP contribution in [0.4, 0.5) is 18.0 Å². The molecule has 1 fully saturated rings. The summed E-state index contributed by atoms with van der Waals surface area (Å²) < 4.78 is 40.4. The number of carbonyl (C=O) groups is 1. The van der Waals surface area contributed by atoms with Gasteiger partial charge in [0.05, 0.1) is 11.3 Å². The molecule has 2 aromatic heterocycles. The lowest BCUT2D eigenvalue weighted by atomic mass is 10.1. The van der Waals surface area contributed by atoms with Crippen molar-refractivity contribution in [2.75, 3.05) is 26.2 Å². The summed E-state index contributed by atoms with van der Waals surface area (Å²) >= 11 is 0. The number of hydrogen-bond acceptors (Lipinski definition) is 4. The van der Waals surface area contributed by atoms with Crippen LogP contribution < -0.4 is 0 Å². The predicted octanol–water partition coefficient (Wildman–Crippen LogP) is 2.39. The second kappa shape index (κ2) is 6.83. The maximum atomic E-state index is 13.1. The highest BCUT2D eigenvalue weighted by molar-refractivity contribution is 5.76. The molecule has 1 saturated heterocycles. The van der Waals surface area contributed by atoms with Crippen LogP contribution in [0, 0.1) is 6.92 Å². The Hall–Kier alpha value is -2.42. The Labute approximate surface area is 142 Å². The molecular weight excluding hydrogens is 335 g/mol. The molecule has 2 aromatic rings. The van der Waals surface area contributed by atoms with E-state index in [1.54, 1.807) is 24.1 Å². The quantitative estimate of drug-likeness (QED) is 0.832. The maximum Gasteiger partial charge on any atom is 0.416 e. The smallest absolute Gasteiger partial charge is 0.320 e. The molecule has 1 aliphatic heterocycles. The van der Waals surface area contributed by atoms with Crippen molar-refractivity contribution >= 4 is 6.03 Å². The number of halogens is 3. The molecule has 1 amide bonds. The molecule has 0 aromatic carbocycles. The molecule has 0 aliphatic carbocycles. The Morgan fingerprint density at radius 1 is 1.20 bits per heavy atom. The molecule has 0 radical (unpaired) electrons. The normalized spacial score (nSPS) is 16.2. The van der Waals surface area contributed by atoms with Crippen molar-refractivity contribution in [1.82, 2.24) is 24.6 Å². The summed E-state index contributed by atoms with van der Waals surface area (Å²) in [6, 6.07) is 2.52. The van der Waals surface area contributed by atoms with Gasteiger partial charge in [-0.2, -0.15) is 23.0 Å². The number of amides is 1. The van der Waals surface area contributed by atoms with Gasteiger partial charge < -0.3 is 4.90 Å². The molecule has 3 heterocycles. The molecule has 6 nitrogen and oxygen atoms in total. The van der Waals surface area contributed by atoms with Crippen LogP contribution in [0.1, 0.15) is 16.8 Å². The van der Waals surface area contributed by atoms with E-state index in [2.05, 4.69) is 10.1 Å². The summed E-state index contributed by atoms with van der Waals surface area (Å²) in [6.07, 6.45) is -0.384. The summed E-state index contributed by atoms with van der Waals surface area (Å²) in [5.74, 6) is 0. The lowest BCUT2D eigenvalue weighted by Gasteiger charge is -2.34. The van der Waals surface area contributed by atoms with Crippen molar-refractivity contribution in [3.63, 3.8) is 0 Å². The van der Waals surface area contributed by atoms with E-state index in [-0.39, 0.29) is 18.1 Å². The fraction of sp³-hybridized carbons (Fsp3) is 0.438. The second-order valence-corrected chi connectivity index (χ2v) is 5.98. The number of carbonyl (C=O) groups excluding carboxylic acids is 1. The number of alkyl halides is 3. The first-order valence-corrected chi connectivity index (χ1v) is 7.88. The lowest BCUT2D eigenvalue weighted by Crippen LogP contribution is -2.49. The average Bonchev–Trinajstić information content (AvgIpc) is 3.01. The lowest BCUT2D eigenvalue weighted by molar-refractivity contribution is -0.138. The summed E-state index contributed by atoms with van der Waals surface area (Å²) in [7, 11) is 0. The third-order valence-corrected chi connectivity index (χ3v) is 4.16. The van der Waals surface area contributed by atoms with Crippen molar-refractivity contribution in [2.45, 2.75) is 19.6 Å². The molecule has 9 heteroatoms. The van der Waals surface area contributed by atoms with Crippen LogP contribution in [-0.2, 0) is 12.7 Å². The van der Waals surface area contributed by atoms with Crippen LogP contribution in [-0.4, -0.2) is 56.8 Å². The molecule has 0 bridgehead atoms. The molecule has 0 saturated carbocycles. The van der Waals surface area contributed by atoms with E-state index in [1.807, 2.05) is 4.90 Å². The molecule has 1 aliphatic rings. The molecule has 134 valence electrons. The van der Waals surface area contributed by atoms with Crippen LogP contribution >= 0.6 is 0 Å². The largest absolute Gasteiger partial charge is 0.416 e. The Morgan fingerprint density at radius 2 is 1.92 bits per heavy atom. The maximum absolute atomic E-state index is 13.1. The van der Waals surface area contributed by atoms with Gasteiger partial charge in [-0.15, -0.1) is 0 Å². The van der Waals surface area contributed by atoms with Crippen LogP contribution in [0.5, 0.6) is 0 Å². The average molecular weight is 353 g/mol. The third-order valence-electron chi connectivity index (χ3n) is 4.16. The minimum absolute atomic E-state index is 0.150. The van der Waals surface area contributed by atoms with Gasteiger partial charge in [0.15, 0.2) is 0 Å². The van der Waals surface area contributed by atoms with Crippen molar-refractivity contribution < 1.29 is 18.0 Å². The van der Waals surface area contributed by atoms with Crippen LogP contribution in [0.3, 0.4) is 0 Å². The molecule has 0 N–H and O–H groups in total. The molecule has 3 rings (SSSR count). The number of pyridine rings is 1. The SMILES string of the molecule is Cc1ccn(C(=O)N2CCN(Cc3cnccc3C(F)(F)F)CC2)n1. The van der Waals surface area contributed by atoms with E-state index >= 15 is 0 Å². The van der Waals surface area contributed by atoms with Gasteiger partial charge in [0.2, 0.25) is 0 Å². The minimum Gasteiger partial charge on any atom is -0.320 e. The molecule has 0 spiro atoms. The summed E-state index contributed by atoms with van der Waals surface area (Å²) in [4.78, 5) is 19.7. The topological polar surface area (TPSA) is 54.3 Å². The number of hydrogen-bond donors (Lipinski definition) is 0. The molecular formula is C16H18F3N5O. The number of piperazine rings is 1. The van der Waals surface area contributed by atoms with Crippen molar-refractivity contribution in [3.05, 3.63) is 47.5 Å². The van der Waals surface area contributed by atoms with Gasteiger partial charge in [-0.25, -0.2) is 4.79 Å². The van der Waals surface area contributed by atoms with Gasteiger partial charge in [0.25, 0.3) is 0 Å². The molecule has 0 unspecified atom stereocenters. The predicted molar refractivity (Wildman–Crippen MR) is 83.8 cm³/mol. The first-order chi connectivity index (χ1) is 11.8. The molecule has 25 heavy (non-hydrogen) atoms. The van der Waals surface area contributed by atoms with Crippen molar-refractivity contribution in [3.8, 4) is 0 Å².